The lowest BCUT2D eigenvalue weighted by Gasteiger charge is -2.10. The number of nitrogen functional groups attached to an aromatic ring is 1. The number of aromatic nitrogens is 5. The monoisotopic (exact) mass is 451 g/mol. The van der Waals surface area contributed by atoms with Crippen LogP contribution in [0, 0.1) is 0 Å². The molecule has 0 radical (unpaired) electrons. The van der Waals surface area contributed by atoms with Crippen LogP contribution >= 0.6 is 0 Å². The van der Waals surface area contributed by atoms with Gasteiger partial charge in [0.1, 0.15) is 0 Å². The normalized spacial score (nSPS) is 11.1. The molecule has 170 valence electrons. The van der Waals surface area contributed by atoms with Crippen molar-refractivity contribution < 1.29 is 4.79 Å². The second-order valence-electron chi connectivity index (χ2n) is 8.17. The van der Waals surface area contributed by atoms with Gasteiger partial charge in [0.15, 0.2) is 0 Å². The Bertz CT molecular complexity index is 1420. The van der Waals surface area contributed by atoms with Crippen LogP contribution < -0.4 is 11.1 Å². The van der Waals surface area contributed by atoms with Crippen molar-refractivity contribution in [1.29, 1.82) is 0 Å². The first kappa shape index (κ1) is 21.4. The van der Waals surface area contributed by atoms with Gasteiger partial charge in [0, 0.05) is 60.6 Å². The molecule has 0 bridgehead atoms. The molecule has 5 aromatic rings. The van der Waals surface area contributed by atoms with E-state index in [-0.39, 0.29) is 12.3 Å². The number of aryl methyl sites for hydroxylation is 3. The summed E-state index contributed by atoms with van der Waals surface area (Å²) in [5.74, 6) is -0.122. The fourth-order valence-electron chi connectivity index (χ4n) is 3.97. The molecule has 0 atom stereocenters. The van der Waals surface area contributed by atoms with Crippen molar-refractivity contribution in [3.05, 3.63) is 90.6 Å². The van der Waals surface area contributed by atoms with E-state index in [1.54, 1.807) is 18.5 Å². The highest BCUT2D eigenvalue weighted by molar-refractivity contribution is 5.95. The lowest BCUT2D eigenvalue weighted by molar-refractivity contribution is -0.116. The van der Waals surface area contributed by atoms with Gasteiger partial charge >= 0.3 is 0 Å². The SMILES string of the molecule is Nc1ccc(-c2cccnc2)cc1NC(=O)CCc1cn(CCc2c[nH]c3ccccc23)nn1. The lowest BCUT2D eigenvalue weighted by atomic mass is 10.1. The molecule has 8 heteroatoms. The van der Waals surface area contributed by atoms with E-state index in [1.165, 1.54) is 10.9 Å². The third-order valence-corrected chi connectivity index (χ3v) is 5.80. The van der Waals surface area contributed by atoms with Gasteiger partial charge in [-0.05, 0) is 41.8 Å². The van der Waals surface area contributed by atoms with Gasteiger partial charge in [-0.3, -0.25) is 14.5 Å². The number of anilines is 2. The fourth-order valence-corrected chi connectivity index (χ4v) is 3.97. The van der Waals surface area contributed by atoms with Crippen molar-refractivity contribution in [2.24, 2.45) is 0 Å². The molecular formula is C26H25N7O. The van der Waals surface area contributed by atoms with Crippen molar-refractivity contribution >= 4 is 28.2 Å². The molecule has 8 nitrogen and oxygen atoms in total. The van der Waals surface area contributed by atoms with E-state index >= 15 is 0 Å². The van der Waals surface area contributed by atoms with Crippen molar-refractivity contribution in [1.82, 2.24) is 25.0 Å². The van der Waals surface area contributed by atoms with E-state index in [0.717, 1.165) is 35.3 Å². The topological polar surface area (TPSA) is 115 Å². The minimum Gasteiger partial charge on any atom is -0.397 e. The summed E-state index contributed by atoms with van der Waals surface area (Å²) in [6, 6.07) is 17.7. The van der Waals surface area contributed by atoms with Crippen molar-refractivity contribution in [2.75, 3.05) is 11.1 Å². The molecule has 0 aliphatic rings. The Morgan fingerprint density at radius 2 is 1.97 bits per heavy atom. The van der Waals surface area contributed by atoms with Crippen LogP contribution in [-0.4, -0.2) is 30.9 Å². The number of amides is 1. The molecule has 0 spiro atoms. The third-order valence-electron chi connectivity index (χ3n) is 5.80. The number of carbonyl (C=O) groups is 1. The zero-order valence-corrected chi connectivity index (χ0v) is 18.6. The van der Waals surface area contributed by atoms with Crippen LogP contribution in [0.25, 0.3) is 22.0 Å². The van der Waals surface area contributed by atoms with E-state index < -0.39 is 0 Å². The first-order valence-corrected chi connectivity index (χ1v) is 11.2. The summed E-state index contributed by atoms with van der Waals surface area (Å²) in [6.45, 7) is 0.721. The number of hydrogen-bond acceptors (Lipinski definition) is 5. The lowest BCUT2D eigenvalue weighted by Crippen LogP contribution is -2.13. The molecule has 0 fully saturated rings. The average Bonchev–Trinajstić information content (AvgIpc) is 3.50. The van der Waals surface area contributed by atoms with Crippen LogP contribution in [0.2, 0.25) is 0 Å². The maximum absolute atomic E-state index is 12.6. The number of fused-ring (bicyclic) bond motifs is 1. The second-order valence-corrected chi connectivity index (χ2v) is 8.17. The van der Waals surface area contributed by atoms with Crippen LogP contribution in [0.5, 0.6) is 0 Å². The minimum atomic E-state index is -0.122. The highest BCUT2D eigenvalue weighted by Crippen LogP contribution is 2.27. The zero-order chi connectivity index (χ0) is 23.3. The molecule has 5 rings (SSSR count). The molecule has 0 saturated carbocycles. The number of nitrogens with zero attached hydrogens (tertiary/aromatic N) is 4. The van der Waals surface area contributed by atoms with E-state index in [2.05, 4.69) is 37.7 Å². The Morgan fingerprint density at radius 1 is 1.06 bits per heavy atom. The molecule has 4 N–H and O–H groups in total. The molecule has 0 saturated heterocycles. The molecule has 2 aromatic carbocycles. The van der Waals surface area contributed by atoms with Gasteiger partial charge in [-0.1, -0.05) is 35.5 Å². The van der Waals surface area contributed by atoms with Crippen LogP contribution in [0.15, 0.2) is 79.4 Å². The van der Waals surface area contributed by atoms with Crippen molar-refractivity contribution in [2.45, 2.75) is 25.8 Å². The fraction of sp³-hybridized carbons (Fsp3) is 0.154. The predicted octanol–water partition coefficient (Wildman–Crippen LogP) is 4.22. The number of para-hydroxylation sites is 1. The first-order valence-electron chi connectivity index (χ1n) is 11.2. The Morgan fingerprint density at radius 3 is 2.85 bits per heavy atom. The summed E-state index contributed by atoms with van der Waals surface area (Å²) >= 11 is 0. The van der Waals surface area contributed by atoms with E-state index in [1.807, 2.05) is 53.5 Å². The number of carbonyl (C=O) groups excluding carboxylic acids is 1. The Kier molecular flexibility index (Phi) is 6.03. The Labute approximate surface area is 196 Å². The van der Waals surface area contributed by atoms with Gasteiger partial charge in [0.25, 0.3) is 0 Å². The van der Waals surface area contributed by atoms with Gasteiger partial charge in [-0.2, -0.15) is 0 Å². The molecule has 0 aliphatic heterocycles. The van der Waals surface area contributed by atoms with Gasteiger partial charge in [0.2, 0.25) is 5.91 Å². The molecule has 3 heterocycles. The summed E-state index contributed by atoms with van der Waals surface area (Å²) < 4.78 is 1.82. The summed E-state index contributed by atoms with van der Waals surface area (Å²) in [4.78, 5) is 20.0. The molecule has 0 aliphatic carbocycles. The number of hydrogen-bond donors (Lipinski definition) is 3. The number of H-pyrrole nitrogens is 1. The summed E-state index contributed by atoms with van der Waals surface area (Å²) in [5.41, 5.74) is 12.3. The zero-order valence-electron chi connectivity index (χ0n) is 18.6. The first-order chi connectivity index (χ1) is 16.7. The van der Waals surface area contributed by atoms with Gasteiger partial charge in [0.05, 0.1) is 17.1 Å². The number of nitrogens with two attached hydrogens (primary N) is 1. The number of pyridine rings is 1. The Balaban J connectivity index is 1.16. The van der Waals surface area contributed by atoms with Crippen molar-refractivity contribution in [3.63, 3.8) is 0 Å². The maximum atomic E-state index is 12.6. The van der Waals surface area contributed by atoms with Gasteiger partial charge < -0.3 is 16.0 Å². The quantitative estimate of drug-likeness (QED) is 0.306. The minimum absolute atomic E-state index is 0.122. The van der Waals surface area contributed by atoms with Crippen LogP contribution in [-0.2, 0) is 24.2 Å². The average molecular weight is 452 g/mol. The smallest absolute Gasteiger partial charge is 0.224 e. The Hall–Kier alpha value is -4.46. The molecule has 0 unspecified atom stereocenters. The molecule has 34 heavy (non-hydrogen) atoms. The summed E-state index contributed by atoms with van der Waals surface area (Å²) in [7, 11) is 0. The summed E-state index contributed by atoms with van der Waals surface area (Å²) in [5, 5.41) is 12.6. The van der Waals surface area contributed by atoms with Crippen LogP contribution in [0.4, 0.5) is 11.4 Å². The van der Waals surface area contributed by atoms with E-state index in [0.29, 0.717) is 17.8 Å². The molecular weight excluding hydrogens is 426 g/mol. The maximum Gasteiger partial charge on any atom is 0.224 e. The highest BCUT2D eigenvalue weighted by Gasteiger charge is 2.10. The van der Waals surface area contributed by atoms with Gasteiger partial charge in [-0.15, -0.1) is 5.10 Å². The second kappa shape index (κ2) is 9.58. The summed E-state index contributed by atoms with van der Waals surface area (Å²) in [6.07, 6.45) is 9.08. The third kappa shape index (κ3) is 4.80. The largest absolute Gasteiger partial charge is 0.397 e. The van der Waals surface area contributed by atoms with Crippen LogP contribution in [0.3, 0.4) is 0 Å². The van der Waals surface area contributed by atoms with E-state index in [4.69, 9.17) is 5.73 Å². The number of aromatic amines is 1. The number of rotatable bonds is 8. The van der Waals surface area contributed by atoms with Crippen LogP contribution in [0.1, 0.15) is 17.7 Å². The predicted molar refractivity (Wildman–Crippen MR) is 133 cm³/mol. The number of nitrogens with one attached hydrogen (secondary N) is 2. The standard InChI is InChI=1S/C26H25N7O/c27-23-9-7-18(19-4-3-12-28-15-19)14-25(23)30-26(34)10-8-21-17-33(32-31-21)13-11-20-16-29-24-6-2-1-5-22(20)24/h1-7,9,12,14-17,29H,8,10-11,13,27H2,(H,30,34). The molecule has 1 amide bonds. The number of benzene rings is 2. The molecule has 3 aromatic heterocycles. The van der Waals surface area contributed by atoms with E-state index in [9.17, 15) is 4.79 Å². The van der Waals surface area contributed by atoms with Gasteiger partial charge in [-0.25, -0.2) is 0 Å². The van der Waals surface area contributed by atoms with Crippen molar-refractivity contribution in [3.8, 4) is 11.1 Å². The highest BCUT2D eigenvalue weighted by atomic mass is 16.1.